The Balaban J connectivity index is 0.00000140. The SMILES string of the molecule is CN(Cc1cnn(-c2ccc(F)cc2)c1)c1cc(C2CC(N)C2)ncn1.Cl.Cl. The van der Waals surface area contributed by atoms with Crippen LogP contribution in [0.3, 0.4) is 0 Å². The molecule has 6 nitrogen and oxygen atoms in total. The van der Waals surface area contributed by atoms with Crippen molar-refractivity contribution in [3.05, 3.63) is 66.1 Å². The van der Waals surface area contributed by atoms with E-state index in [1.165, 1.54) is 12.1 Å². The molecule has 0 radical (unpaired) electrons. The van der Waals surface area contributed by atoms with Crippen LogP contribution in [-0.4, -0.2) is 32.8 Å². The van der Waals surface area contributed by atoms with Crippen LogP contribution in [0.25, 0.3) is 5.69 Å². The third-order valence-electron chi connectivity index (χ3n) is 4.80. The third-order valence-corrected chi connectivity index (χ3v) is 4.80. The summed E-state index contributed by atoms with van der Waals surface area (Å²) in [7, 11) is 1.99. The van der Waals surface area contributed by atoms with Gasteiger partial charge in [0, 0.05) is 49.1 Å². The molecule has 0 saturated heterocycles. The minimum atomic E-state index is -0.257. The topological polar surface area (TPSA) is 72.9 Å². The molecule has 1 saturated carbocycles. The lowest BCUT2D eigenvalue weighted by molar-refractivity contribution is 0.345. The molecule has 150 valence electrons. The van der Waals surface area contributed by atoms with Gasteiger partial charge >= 0.3 is 0 Å². The second-order valence-electron chi connectivity index (χ2n) is 6.86. The summed E-state index contributed by atoms with van der Waals surface area (Å²) in [6.07, 6.45) is 7.35. The molecule has 0 amide bonds. The highest BCUT2D eigenvalue weighted by Gasteiger charge is 2.28. The number of halogens is 3. The van der Waals surface area contributed by atoms with Crippen molar-refractivity contribution in [2.45, 2.75) is 31.3 Å². The minimum Gasteiger partial charge on any atom is -0.355 e. The van der Waals surface area contributed by atoms with Gasteiger partial charge in [-0.05, 0) is 37.1 Å². The molecule has 0 spiro atoms. The first-order valence-electron chi connectivity index (χ1n) is 8.66. The normalized spacial score (nSPS) is 17.8. The predicted molar refractivity (Wildman–Crippen MR) is 112 cm³/mol. The van der Waals surface area contributed by atoms with E-state index in [4.69, 9.17) is 5.73 Å². The molecule has 1 aromatic carbocycles. The summed E-state index contributed by atoms with van der Waals surface area (Å²) in [4.78, 5) is 10.8. The number of aromatic nitrogens is 4. The van der Waals surface area contributed by atoms with Crippen LogP contribution in [0.2, 0.25) is 0 Å². The maximum absolute atomic E-state index is 13.1. The van der Waals surface area contributed by atoms with Crippen molar-refractivity contribution in [2.75, 3.05) is 11.9 Å². The maximum Gasteiger partial charge on any atom is 0.132 e. The van der Waals surface area contributed by atoms with Gasteiger partial charge < -0.3 is 10.6 Å². The number of hydrogen-bond donors (Lipinski definition) is 1. The van der Waals surface area contributed by atoms with Gasteiger partial charge in [0.15, 0.2) is 0 Å². The monoisotopic (exact) mass is 424 g/mol. The van der Waals surface area contributed by atoms with Gasteiger partial charge in [-0.3, -0.25) is 0 Å². The molecular formula is C19H23Cl2FN6. The first-order valence-corrected chi connectivity index (χ1v) is 8.66. The highest BCUT2D eigenvalue weighted by atomic mass is 35.5. The van der Waals surface area contributed by atoms with E-state index in [1.807, 2.05) is 25.5 Å². The number of benzene rings is 1. The molecule has 9 heteroatoms. The van der Waals surface area contributed by atoms with Crippen LogP contribution in [0.5, 0.6) is 0 Å². The van der Waals surface area contributed by atoms with Crippen molar-refractivity contribution >= 4 is 30.6 Å². The van der Waals surface area contributed by atoms with Gasteiger partial charge in [-0.2, -0.15) is 5.10 Å². The highest BCUT2D eigenvalue weighted by Crippen LogP contribution is 2.35. The second-order valence-corrected chi connectivity index (χ2v) is 6.86. The molecule has 2 heterocycles. The first-order chi connectivity index (χ1) is 12.6. The van der Waals surface area contributed by atoms with E-state index in [2.05, 4.69) is 20.0 Å². The van der Waals surface area contributed by atoms with Gasteiger partial charge in [0.05, 0.1) is 11.9 Å². The molecule has 0 bridgehead atoms. The standard InChI is InChI=1S/C19H21FN6.2ClH/c1-25(19-8-18(22-12-23-19)14-6-16(21)7-14)10-13-9-24-26(11-13)17-4-2-15(20)3-5-17;;/h2-5,8-9,11-12,14,16H,6-7,10,21H2,1H3;2*1H. The van der Waals surface area contributed by atoms with Gasteiger partial charge in [0.2, 0.25) is 0 Å². The van der Waals surface area contributed by atoms with Crippen molar-refractivity contribution < 1.29 is 4.39 Å². The molecule has 1 aliphatic rings. The average Bonchev–Trinajstić information content (AvgIpc) is 3.08. The zero-order valence-corrected chi connectivity index (χ0v) is 17.0. The Labute approximate surface area is 175 Å². The Bertz CT molecular complexity index is 895. The van der Waals surface area contributed by atoms with E-state index >= 15 is 0 Å². The summed E-state index contributed by atoms with van der Waals surface area (Å²) in [5.41, 5.74) is 8.81. The lowest BCUT2D eigenvalue weighted by Crippen LogP contribution is -2.35. The maximum atomic E-state index is 13.1. The third kappa shape index (κ3) is 4.79. The molecule has 0 aliphatic heterocycles. The fourth-order valence-corrected chi connectivity index (χ4v) is 3.23. The lowest BCUT2D eigenvalue weighted by atomic mass is 9.78. The second kappa shape index (κ2) is 9.32. The van der Waals surface area contributed by atoms with Crippen molar-refractivity contribution in [3.63, 3.8) is 0 Å². The Morgan fingerprint density at radius 3 is 2.57 bits per heavy atom. The van der Waals surface area contributed by atoms with E-state index < -0.39 is 0 Å². The Kier molecular flexibility index (Phi) is 7.35. The van der Waals surface area contributed by atoms with Crippen LogP contribution in [0.1, 0.15) is 30.0 Å². The summed E-state index contributed by atoms with van der Waals surface area (Å²) in [5.74, 6) is 1.07. The van der Waals surface area contributed by atoms with Gasteiger partial charge in [-0.1, -0.05) is 0 Å². The fraction of sp³-hybridized carbons (Fsp3) is 0.316. The average molecular weight is 425 g/mol. The van der Waals surface area contributed by atoms with E-state index in [0.717, 1.165) is 35.6 Å². The molecule has 0 unspecified atom stereocenters. The number of hydrogen-bond acceptors (Lipinski definition) is 5. The quantitative estimate of drug-likeness (QED) is 0.678. The largest absolute Gasteiger partial charge is 0.355 e. The molecule has 3 aromatic rings. The highest BCUT2D eigenvalue weighted by molar-refractivity contribution is 5.85. The lowest BCUT2D eigenvalue weighted by Gasteiger charge is -2.32. The summed E-state index contributed by atoms with van der Waals surface area (Å²) in [5, 5.41) is 4.36. The van der Waals surface area contributed by atoms with Crippen molar-refractivity contribution in [3.8, 4) is 5.69 Å². The number of nitrogens with two attached hydrogens (primary N) is 1. The van der Waals surface area contributed by atoms with Crippen LogP contribution in [0.4, 0.5) is 10.2 Å². The molecule has 2 aromatic heterocycles. The Hall–Kier alpha value is -2.22. The van der Waals surface area contributed by atoms with Crippen LogP contribution < -0.4 is 10.6 Å². The first kappa shape index (κ1) is 22.1. The van der Waals surface area contributed by atoms with Gasteiger partial charge in [-0.25, -0.2) is 19.0 Å². The van der Waals surface area contributed by atoms with Crippen LogP contribution >= 0.6 is 24.8 Å². The molecule has 1 fully saturated rings. The summed E-state index contributed by atoms with van der Waals surface area (Å²) >= 11 is 0. The van der Waals surface area contributed by atoms with E-state index in [0.29, 0.717) is 18.5 Å². The van der Waals surface area contributed by atoms with Gasteiger partial charge in [0.25, 0.3) is 0 Å². The van der Waals surface area contributed by atoms with Crippen LogP contribution in [0.15, 0.2) is 49.1 Å². The summed E-state index contributed by atoms with van der Waals surface area (Å²) in [6.45, 7) is 0.668. The Morgan fingerprint density at radius 2 is 1.89 bits per heavy atom. The molecular weight excluding hydrogens is 402 g/mol. The van der Waals surface area contributed by atoms with Crippen molar-refractivity contribution in [1.82, 2.24) is 19.7 Å². The molecule has 1 aliphatic carbocycles. The summed E-state index contributed by atoms with van der Waals surface area (Å²) in [6, 6.07) is 8.61. The van der Waals surface area contributed by atoms with Gasteiger partial charge in [-0.15, -0.1) is 24.8 Å². The Morgan fingerprint density at radius 1 is 1.18 bits per heavy atom. The molecule has 28 heavy (non-hydrogen) atoms. The minimum absolute atomic E-state index is 0. The molecule has 2 N–H and O–H groups in total. The molecule has 0 atom stereocenters. The smallest absolute Gasteiger partial charge is 0.132 e. The number of rotatable bonds is 5. The predicted octanol–water partition coefficient (Wildman–Crippen LogP) is 3.49. The zero-order chi connectivity index (χ0) is 18.1. The number of nitrogens with zero attached hydrogens (tertiary/aromatic N) is 5. The van der Waals surface area contributed by atoms with E-state index in [-0.39, 0.29) is 30.6 Å². The van der Waals surface area contributed by atoms with Gasteiger partial charge in [0.1, 0.15) is 18.0 Å². The molecule has 4 rings (SSSR count). The van der Waals surface area contributed by atoms with Crippen molar-refractivity contribution in [1.29, 1.82) is 0 Å². The zero-order valence-electron chi connectivity index (χ0n) is 15.4. The number of anilines is 1. The van der Waals surface area contributed by atoms with E-state index in [1.54, 1.807) is 23.1 Å². The van der Waals surface area contributed by atoms with Crippen molar-refractivity contribution in [2.24, 2.45) is 5.73 Å². The fourth-order valence-electron chi connectivity index (χ4n) is 3.23. The van der Waals surface area contributed by atoms with Crippen LogP contribution in [-0.2, 0) is 6.54 Å². The van der Waals surface area contributed by atoms with E-state index in [9.17, 15) is 4.39 Å². The van der Waals surface area contributed by atoms with Crippen LogP contribution in [0, 0.1) is 5.82 Å². The summed E-state index contributed by atoms with van der Waals surface area (Å²) < 4.78 is 14.8.